The van der Waals surface area contributed by atoms with Crippen molar-refractivity contribution in [1.29, 1.82) is 0 Å². The van der Waals surface area contributed by atoms with Gasteiger partial charge < -0.3 is 15.6 Å². The van der Waals surface area contributed by atoms with E-state index in [2.05, 4.69) is 4.98 Å². The van der Waals surface area contributed by atoms with Gasteiger partial charge in [0.1, 0.15) is 11.1 Å². The molecule has 17 heavy (non-hydrogen) atoms. The highest BCUT2D eigenvalue weighted by Gasteiger charge is 2.22. The molecule has 1 rings (SSSR count). The third kappa shape index (κ3) is 2.20. The Bertz CT molecular complexity index is 544. The zero-order valence-corrected chi connectivity index (χ0v) is 10.2. The Kier molecular flexibility index (Phi) is 3.36. The van der Waals surface area contributed by atoms with Crippen LogP contribution < -0.4 is 11.2 Å². The number of pyridine rings is 1. The Morgan fingerprint density at radius 1 is 1.12 bits per heavy atom. The molecule has 0 spiro atoms. The molecule has 1 aromatic heterocycles. The Balaban J connectivity index is 3.64. The summed E-state index contributed by atoms with van der Waals surface area (Å²) in [5.41, 5.74) is 5.09. The van der Waals surface area contributed by atoms with Gasteiger partial charge in [0.25, 0.3) is 11.8 Å². The standard InChI is InChI=1S/C11H15N3O3/c1-5-7(10(12)16)9(15)8(6(2)13-5)11(17)14(3)4/h1-4H3,(H2,12,16)(H,13,15). The molecule has 2 amide bonds. The largest absolute Gasteiger partial charge is 0.365 e. The van der Waals surface area contributed by atoms with Gasteiger partial charge in [-0.1, -0.05) is 0 Å². The summed E-state index contributed by atoms with van der Waals surface area (Å²) in [7, 11) is 3.07. The number of hydrogen-bond acceptors (Lipinski definition) is 3. The van der Waals surface area contributed by atoms with Crippen LogP contribution in [-0.2, 0) is 0 Å². The second kappa shape index (κ2) is 4.40. The van der Waals surface area contributed by atoms with E-state index in [9.17, 15) is 14.4 Å². The van der Waals surface area contributed by atoms with Gasteiger partial charge in [-0.3, -0.25) is 14.4 Å². The van der Waals surface area contributed by atoms with Crippen LogP contribution in [0.25, 0.3) is 0 Å². The van der Waals surface area contributed by atoms with E-state index < -0.39 is 17.2 Å². The number of nitrogens with one attached hydrogen (secondary N) is 1. The monoisotopic (exact) mass is 237 g/mol. The maximum Gasteiger partial charge on any atom is 0.259 e. The number of aromatic amines is 1. The smallest absolute Gasteiger partial charge is 0.259 e. The minimum atomic E-state index is -0.837. The number of rotatable bonds is 2. The molecule has 6 nitrogen and oxygen atoms in total. The van der Waals surface area contributed by atoms with Crippen molar-refractivity contribution in [3.05, 3.63) is 32.7 Å². The molecule has 0 unspecified atom stereocenters. The highest BCUT2D eigenvalue weighted by molar-refractivity contribution is 5.99. The van der Waals surface area contributed by atoms with Gasteiger partial charge in [-0.25, -0.2) is 0 Å². The fourth-order valence-corrected chi connectivity index (χ4v) is 1.65. The molecule has 0 saturated carbocycles. The summed E-state index contributed by atoms with van der Waals surface area (Å²) in [6.45, 7) is 3.17. The number of primary amides is 1. The average molecular weight is 237 g/mol. The number of H-pyrrole nitrogens is 1. The topological polar surface area (TPSA) is 96.3 Å². The van der Waals surface area contributed by atoms with Gasteiger partial charge in [-0.2, -0.15) is 0 Å². The minimum absolute atomic E-state index is 0.0469. The van der Waals surface area contributed by atoms with E-state index in [-0.39, 0.29) is 11.1 Å². The fourth-order valence-electron chi connectivity index (χ4n) is 1.65. The Labute approximate surface area is 98.4 Å². The summed E-state index contributed by atoms with van der Waals surface area (Å²) in [6.07, 6.45) is 0. The molecule has 0 fully saturated rings. The first-order valence-electron chi connectivity index (χ1n) is 5.02. The first-order chi connectivity index (χ1) is 7.77. The molecule has 6 heteroatoms. The van der Waals surface area contributed by atoms with Crippen molar-refractivity contribution < 1.29 is 9.59 Å². The third-order valence-electron chi connectivity index (χ3n) is 2.45. The molecule has 0 aliphatic heterocycles. The summed E-state index contributed by atoms with van der Waals surface area (Å²) < 4.78 is 0. The van der Waals surface area contributed by atoms with Crippen molar-refractivity contribution in [2.24, 2.45) is 5.73 Å². The number of carbonyl (C=O) groups excluding carboxylic acids is 2. The van der Waals surface area contributed by atoms with Crippen LogP contribution in [0.5, 0.6) is 0 Å². The molecule has 92 valence electrons. The van der Waals surface area contributed by atoms with Crippen molar-refractivity contribution in [2.75, 3.05) is 14.1 Å². The molecular formula is C11H15N3O3. The van der Waals surface area contributed by atoms with Crippen LogP contribution in [0.15, 0.2) is 4.79 Å². The highest BCUT2D eigenvalue weighted by atomic mass is 16.2. The lowest BCUT2D eigenvalue weighted by Crippen LogP contribution is -2.34. The van der Waals surface area contributed by atoms with Crippen LogP contribution in [0.3, 0.4) is 0 Å². The first-order valence-corrected chi connectivity index (χ1v) is 5.02. The molecule has 0 atom stereocenters. The minimum Gasteiger partial charge on any atom is -0.365 e. The molecule has 0 radical (unpaired) electrons. The lowest BCUT2D eigenvalue weighted by Gasteiger charge is -2.13. The SMILES string of the molecule is Cc1[nH]c(C)c(C(=O)N(C)C)c(=O)c1C(N)=O. The van der Waals surface area contributed by atoms with Crippen LogP contribution in [0.2, 0.25) is 0 Å². The number of hydrogen-bond donors (Lipinski definition) is 2. The van der Waals surface area contributed by atoms with E-state index >= 15 is 0 Å². The Morgan fingerprint density at radius 3 is 2.00 bits per heavy atom. The van der Waals surface area contributed by atoms with Gasteiger partial charge in [0.15, 0.2) is 0 Å². The van der Waals surface area contributed by atoms with E-state index in [0.29, 0.717) is 11.4 Å². The molecule has 3 N–H and O–H groups in total. The average Bonchev–Trinajstić information content (AvgIpc) is 2.15. The van der Waals surface area contributed by atoms with E-state index in [1.54, 1.807) is 13.8 Å². The molecule has 0 saturated heterocycles. The maximum atomic E-state index is 12.0. The molecule has 0 aliphatic carbocycles. The number of amides is 2. The van der Waals surface area contributed by atoms with Crippen LogP contribution >= 0.6 is 0 Å². The fraction of sp³-hybridized carbons (Fsp3) is 0.364. The van der Waals surface area contributed by atoms with Gasteiger partial charge in [0.2, 0.25) is 5.43 Å². The normalized spacial score (nSPS) is 10.1. The number of aryl methyl sites for hydroxylation is 2. The highest BCUT2D eigenvalue weighted by Crippen LogP contribution is 2.07. The summed E-state index contributed by atoms with van der Waals surface area (Å²) in [6, 6.07) is 0. The second-order valence-electron chi connectivity index (χ2n) is 4.02. The number of nitrogens with zero attached hydrogens (tertiary/aromatic N) is 1. The van der Waals surface area contributed by atoms with Crippen LogP contribution in [0.1, 0.15) is 32.1 Å². The molecule has 1 aromatic rings. The van der Waals surface area contributed by atoms with Gasteiger partial charge in [0, 0.05) is 25.5 Å². The molecule has 0 aromatic carbocycles. The number of nitrogens with two attached hydrogens (primary N) is 1. The Hall–Kier alpha value is -2.11. The van der Waals surface area contributed by atoms with Crippen LogP contribution in [0, 0.1) is 13.8 Å². The molecular weight excluding hydrogens is 222 g/mol. The van der Waals surface area contributed by atoms with Crippen molar-refractivity contribution in [3.8, 4) is 0 Å². The van der Waals surface area contributed by atoms with Gasteiger partial charge >= 0.3 is 0 Å². The lowest BCUT2D eigenvalue weighted by atomic mass is 10.1. The summed E-state index contributed by atoms with van der Waals surface area (Å²) >= 11 is 0. The number of carbonyl (C=O) groups is 2. The zero-order valence-electron chi connectivity index (χ0n) is 10.2. The molecule has 0 bridgehead atoms. The number of aromatic nitrogens is 1. The quantitative estimate of drug-likeness (QED) is 0.745. The van der Waals surface area contributed by atoms with Crippen LogP contribution in [0.4, 0.5) is 0 Å². The molecule has 1 heterocycles. The Morgan fingerprint density at radius 2 is 1.59 bits per heavy atom. The third-order valence-corrected chi connectivity index (χ3v) is 2.45. The summed E-state index contributed by atoms with van der Waals surface area (Å²) in [5.74, 6) is -1.29. The summed E-state index contributed by atoms with van der Waals surface area (Å²) in [5, 5.41) is 0. The van der Waals surface area contributed by atoms with Crippen molar-refractivity contribution in [1.82, 2.24) is 9.88 Å². The van der Waals surface area contributed by atoms with Crippen molar-refractivity contribution in [2.45, 2.75) is 13.8 Å². The van der Waals surface area contributed by atoms with E-state index in [1.807, 2.05) is 0 Å². The molecule has 0 aliphatic rings. The van der Waals surface area contributed by atoms with Gasteiger partial charge in [-0.05, 0) is 13.8 Å². The van der Waals surface area contributed by atoms with Gasteiger partial charge in [0.05, 0.1) is 0 Å². The lowest BCUT2D eigenvalue weighted by molar-refractivity contribution is 0.0825. The zero-order chi connectivity index (χ0) is 13.3. The predicted molar refractivity (Wildman–Crippen MR) is 63.1 cm³/mol. The van der Waals surface area contributed by atoms with Crippen LogP contribution in [-0.4, -0.2) is 35.8 Å². The summed E-state index contributed by atoms with van der Waals surface area (Å²) in [4.78, 5) is 39.1. The van der Waals surface area contributed by atoms with Gasteiger partial charge in [-0.15, -0.1) is 0 Å². The van der Waals surface area contributed by atoms with E-state index in [0.717, 1.165) is 0 Å². The van der Waals surface area contributed by atoms with Crippen molar-refractivity contribution >= 4 is 11.8 Å². The maximum absolute atomic E-state index is 12.0. The van der Waals surface area contributed by atoms with Crippen molar-refractivity contribution in [3.63, 3.8) is 0 Å². The second-order valence-corrected chi connectivity index (χ2v) is 4.02. The first kappa shape index (κ1) is 13.0. The predicted octanol–water partition coefficient (Wildman–Crippen LogP) is -0.208. The van der Waals surface area contributed by atoms with E-state index in [1.165, 1.54) is 19.0 Å². The van der Waals surface area contributed by atoms with E-state index in [4.69, 9.17) is 5.73 Å².